The maximum absolute atomic E-state index is 6.33. The van der Waals surface area contributed by atoms with Gasteiger partial charge in [-0.1, -0.05) is 6.07 Å². The molecule has 0 aliphatic carbocycles. The fourth-order valence-corrected chi connectivity index (χ4v) is 3.80. The number of fused-ring (bicyclic) bond motifs is 1. The Morgan fingerprint density at radius 2 is 2.24 bits per heavy atom. The Kier molecular flexibility index (Phi) is 4.33. The van der Waals surface area contributed by atoms with Crippen molar-refractivity contribution in [1.82, 2.24) is 14.5 Å². The van der Waals surface area contributed by atoms with Crippen molar-refractivity contribution in [3.05, 3.63) is 45.0 Å². The summed E-state index contributed by atoms with van der Waals surface area (Å²) in [5.41, 5.74) is 1.77. The van der Waals surface area contributed by atoms with E-state index in [1.165, 1.54) is 4.88 Å². The van der Waals surface area contributed by atoms with Crippen LogP contribution in [0.5, 0.6) is 0 Å². The molecule has 3 rings (SSSR count). The number of hydrogen-bond donors (Lipinski definition) is 0. The van der Waals surface area contributed by atoms with E-state index in [4.69, 9.17) is 11.6 Å². The van der Waals surface area contributed by atoms with Crippen LogP contribution < -0.4 is 0 Å². The zero-order chi connectivity index (χ0) is 15.0. The van der Waals surface area contributed by atoms with Gasteiger partial charge in [0.05, 0.1) is 5.38 Å². The van der Waals surface area contributed by atoms with E-state index >= 15 is 0 Å². The van der Waals surface area contributed by atoms with Crippen LogP contribution in [0.3, 0.4) is 0 Å². The van der Waals surface area contributed by atoms with Gasteiger partial charge in [0.25, 0.3) is 0 Å². The number of nitrogens with zero attached hydrogens (tertiary/aromatic N) is 3. The van der Waals surface area contributed by atoms with Crippen molar-refractivity contribution in [3.8, 4) is 0 Å². The molecule has 2 atom stereocenters. The number of pyridine rings is 1. The van der Waals surface area contributed by atoms with E-state index in [2.05, 4.69) is 54.9 Å². The molecule has 0 bridgehead atoms. The van der Waals surface area contributed by atoms with Crippen LogP contribution in [0.25, 0.3) is 11.2 Å². The van der Waals surface area contributed by atoms with E-state index in [9.17, 15) is 0 Å². The quantitative estimate of drug-likeness (QED) is 0.567. The average Bonchev–Trinajstić information content (AvgIpc) is 3.04. The Bertz CT molecular complexity index is 752. The summed E-state index contributed by atoms with van der Waals surface area (Å²) in [4.78, 5) is 10.6. The Labute approximate surface area is 141 Å². The molecule has 0 aliphatic rings. The topological polar surface area (TPSA) is 30.7 Å². The Balaban J connectivity index is 2.08. The first-order valence-corrected chi connectivity index (χ1v) is 8.87. The van der Waals surface area contributed by atoms with Gasteiger partial charge in [0.15, 0.2) is 5.65 Å². The van der Waals surface area contributed by atoms with Crippen molar-refractivity contribution < 1.29 is 0 Å². The summed E-state index contributed by atoms with van der Waals surface area (Å²) in [5, 5.41) is 1.96. The second kappa shape index (κ2) is 6.07. The molecule has 3 heterocycles. The van der Waals surface area contributed by atoms with Crippen molar-refractivity contribution in [2.24, 2.45) is 0 Å². The molecule has 0 aromatic carbocycles. The third kappa shape index (κ3) is 3.00. The van der Waals surface area contributed by atoms with Crippen LogP contribution in [0.4, 0.5) is 0 Å². The highest BCUT2D eigenvalue weighted by atomic mass is 79.9. The van der Waals surface area contributed by atoms with Crippen LogP contribution in [0.1, 0.15) is 36.0 Å². The van der Waals surface area contributed by atoms with Crippen LogP contribution in [0.2, 0.25) is 0 Å². The summed E-state index contributed by atoms with van der Waals surface area (Å²) < 4.78 is 3.10. The summed E-state index contributed by atoms with van der Waals surface area (Å²) >= 11 is 11.5. The molecule has 0 saturated carbocycles. The lowest BCUT2D eigenvalue weighted by Crippen LogP contribution is -2.12. The highest BCUT2D eigenvalue weighted by molar-refractivity contribution is 9.10. The van der Waals surface area contributed by atoms with Gasteiger partial charge in [-0.25, -0.2) is 9.97 Å². The molecular formula is C15H15BrClN3S. The molecule has 0 radical (unpaired) electrons. The first-order valence-electron chi connectivity index (χ1n) is 6.76. The second-order valence-corrected chi connectivity index (χ2v) is 7.69. The lowest BCUT2D eigenvalue weighted by atomic mass is 10.2. The van der Waals surface area contributed by atoms with E-state index in [0.717, 1.165) is 27.9 Å². The zero-order valence-electron chi connectivity index (χ0n) is 11.8. The Hall–Kier alpha value is -0.910. The van der Waals surface area contributed by atoms with Crippen molar-refractivity contribution in [2.75, 3.05) is 0 Å². The lowest BCUT2D eigenvalue weighted by Gasteiger charge is -2.17. The number of rotatable bonds is 4. The monoisotopic (exact) mass is 383 g/mol. The minimum Gasteiger partial charge on any atom is -0.308 e. The summed E-state index contributed by atoms with van der Waals surface area (Å²) in [6.07, 6.45) is 2.76. The van der Waals surface area contributed by atoms with E-state index in [1.807, 2.05) is 13.0 Å². The molecule has 3 aromatic rings. The molecule has 0 saturated heterocycles. The predicted octanol–water partition coefficient (Wildman–Crippen LogP) is 5.36. The average molecular weight is 385 g/mol. The second-order valence-electron chi connectivity index (χ2n) is 5.08. The molecule has 21 heavy (non-hydrogen) atoms. The van der Waals surface area contributed by atoms with Crippen LogP contribution in [-0.2, 0) is 6.42 Å². The van der Waals surface area contributed by atoms with Crippen molar-refractivity contribution in [2.45, 2.75) is 31.7 Å². The SMILES string of the molecule is CC(Cl)c1nc2cc(Br)cnc2n1C(C)Cc1cccs1. The van der Waals surface area contributed by atoms with Gasteiger partial charge < -0.3 is 4.57 Å². The number of alkyl halides is 1. The van der Waals surface area contributed by atoms with E-state index in [0.29, 0.717) is 0 Å². The third-order valence-electron chi connectivity index (χ3n) is 3.40. The standard InChI is InChI=1S/C15H15BrClN3S/c1-9(6-12-4-3-5-21-12)20-14(10(2)17)19-13-7-11(16)8-18-15(13)20/h3-5,7-10H,6H2,1-2H3. The molecule has 0 aliphatic heterocycles. The smallest absolute Gasteiger partial charge is 0.160 e. The number of hydrogen-bond acceptors (Lipinski definition) is 3. The van der Waals surface area contributed by atoms with Crippen LogP contribution in [0.15, 0.2) is 34.2 Å². The fourth-order valence-electron chi connectivity index (χ4n) is 2.50. The number of imidazole rings is 1. The first-order chi connectivity index (χ1) is 10.1. The van der Waals surface area contributed by atoms with E-state index in [-0.39, 0.29) is 11.4 Å². The highest BCUT2D eigenvalue weighted by Gasteiger charge is 2.20. The minimum atomic E-state index is -0.149. The molecular weight excluding hydrogens is 370 g/mol. The summed E-state index contributed by atoms with van der Waals surface area (Å²) in [6, 6.07) is 6.49. The van der Waals surface area contributed by atoms with Gasteiger partial charge >= 0.3 is 0 Å². The number of halogens is 2. The molecule has 3 aromatic heterocycles. The largest absolute Gasteiger partial charge is 0.308 e. The van der Waals surface area contributed by atoms with Gasteiger partial charge in [-0.3, -0.25) is 0 Å². The third-order valence-corrected chi connectivity index (χ3v) is 4.92. The maximum atomic E-state index is 6.33. The predicted molar refractivity (Wildman–Crippen MR) is 92.2 cm³/mol. The van der Waals surface area contributed by atoms with Gasteiger partial charge in [-0.2, -0.15) is 0 Å². The molecule has 0 amide bonds. The fraction of sp³-hybridized carbons (Fsp3) is 0.333. The zero-order valence-corrected chi connectivity index (χ0v) is 14.9. The van der Waals surface area contributed by atoms with Crippen molar-refractivity contribution in [3.63, 3.8) is 0 Å². The molecule has 110 valence electrons. The van der Waals surface area contributed by atoms with E-state index < -0.39 is 0 Å². The normalized spacial score (nSPS) is 14.5. The minimum absolute atomic E-state index is 0.149. The first kappa shape index (κ1) is 15.0. The van der Waals surface area contributed by atoms with Gasteiger partial charge in [-0.05, 0) is 47.3 Å². The molecule has 0 fully saturated rings. The van der Waals surface area contributed by atoms with E-state index in [1.54, 1.807) is 17.5 Å². The summed E-state index contributed by atoms with van der Waals surface area (Å²) in [6.45, 7) is 4.14. The van der Waals surface area contributed by atoms with Gasteiger partial charge in [0.1, 0.15) is 11.3 Å². The van der Waals surface area contributed by atoms with Crippen LogP contribution in [-0.4, -0.2) is 14.5 Å². The van der Waals surface area contributed by atoms with Gasteiger partial charge in [0.2, 0.25) is 0 Å². The molecule has 0 spiro atoms. The lowest BCUT2D eigenvalue weighted by molar-refractivity contribution is 0.535. The van der Waals surface area contributed by atoms with Gasteiger partial charge in [0, 0.05) is 28.0 Å². The molecule has 3 nitrogen and oxygen atoms in total. The molecule has 2 unspecified atom stereocenters. The number of aromatic nitrogens is 3. The van der Waals surface area contributed by atoms with Crippen LogP contribution in [0, 0.1) is 0 Å². The van der Waals surface area contributed by atoms with Crippen LogP contribution >= 0.6 is 38.9 Å². The molecule has 6 heteroatoms. The maximum Gasteiger partial charge on any atom is 0.160 e. The summed E-state index contributed by atoms with van der Waals surface area (Å²) in [5.74, 6) is 0.876. The Morgan fingerprint density at radius 1 is 1.43 bits per heavy atom. The van der Waals surface area contributed by atoms with Crippen molar-refractivity contribution in [1.29, 1.82) is 0 Å². The summed E-state index contributed by atoms with van der Waals surface area (Å²) in [7, 11) is 0. The highest BCUT2D eigenvalue weighted by Crippen LogP contribution is 2.30. The van der Waals surface area contributed by atoms with Crippen molar-refractivity contribution >= 4 is 50.0 Å². The molecule has 0 N–H and O–H groups in total. The number of thiophene rings is 1. The Morgan fingerprint density at radius 3 is 2.90 bits per heavy atom. The van der Waals surface area contributed by atoms with Gasteiger partial charge in [-0.15, -0.1) is 22.9 Å².